The highest BCUT2D eigenvalue weighted by Gasteiger charge is 2.20. The fraction of sp³-hybridized carbons (Fsp3) is 0.387. The number of pyridine rings is 2. The number of allylic oxidation sites excluding steroid dienone is 4. The van der Waals surface area contributed by atoms with Crippen molar-refractivity contribution in [2.75, 3.05) is 19.0 Å². The molecule has 0 saturated carbocycles. The van der Waals surface area contributed by atoms with Gasteiger partial charge >= 0.3 is 0 Å². The summed E-state index contributed by atoms with van der Waals surface area (Å²) in [6, 6.07) is 3.45. The third-order valence-electron chi connectivity index (χ3n) is 6.93. The van der Waals surface area contributed by atoms with Crippen molar-refractivity contribution >= 4 is 34.0 Å². The Balaban J connectivity index is 0.000000646. The summed E-state index contributed by atoms with van der Waals surface area (Å²) in [5.74, 6) is -0.00701. The van der Waals surface area contributed by atoms with E-state index in [2.05, 4.69) is 64.5 Å². The number of aromatic nitrogens is 4. The van der Waals surface area contributed by atoms with Gasteiger partial charge in [0.1, 0.15) is 17.5 Å². The van der Waals surface area contributed by atoms with Gasteiger partial charge < -0.3 is 9.47 Å². The Morgan fingerprint density at radius 1 is 1.12 bits per heavy atom. The van der Waals surface area contributed by atoms with Gasteiger partial charge in [-0.25, -0.2) is 13.8 Å². The minimum atomic E-state index is -2.13. The average Bonchev–Trinajstić information content (AvgIpc) is 3.38. The van der Waals surface area contributed by atoms with Gasteiger partial charge in [0.05, 0.1) is 18.9 Å². The van der Waals surface area contributed by atoms with E-state index < -0.39 is 18.3 Å². The van der Waals surface area contributed by atoms with E-state index >= 15 is 0 Å². The number of halogens is 3. The van der Waals surface area contributed by atoms with Gasteiger partial charge in [-0.2, -0.15) is 0 Å². The molecule has 0 saturated heterocycles. The van der Waals surface area contributed by atoms with Gasteiger partial charge in [-0.3, -0.25) is 15.1 Å². The Labute approximate surface area is 259 Å². The number of nitrogens with one attached hydrogen (secondary N) is 1. The fourth-order valence-electron chi connectivity index (χ4n) is 3.95. The Kier molecular flexibility index (Phi) is 12.3. The number of hydrogen-bond donors (Lipinski definition) is 1. The van der Waals surface area contributed by atoms with Gasteiger partial charge in [-0.05, 0) is 62.2 Å². The van der Waals surface area contributed by atoms with E-state index in [0.29, 0.717) is 51.7 Å². The molecule has 0 aromatic carbocycles. The van der Waals surface area contributed by atoms with Crippen LogP contribution in [0.1, 0.15) is 57.1 Å². The zero-order valence-electron chi connectivity index (χ0n) is 25.2. The molecule has 1 aliphatic rings. The van der Waals surface area contributed by atoms with Gasteiger partial charge in [0.15, 0.2) is 0 Å². The van der Waals surface area contributed by atoms with Crippen LogP contribution in [0.5, 0.6) is 10.9 Å². The van der Waals surface area contributed by atoms with Crippen molar-refractivity contribution in [3.63, 3.8) is 0 Å². The second-order valence-corrected chi connectivity index (χ2v) is 11.5. The van der Waals surface area contributed by atoms with Crippen LogP contribution in [0.2, 0.25) is 5.15 Å². The number of nitrogens with zero attached hydrogens (tertiary/aromatic N) is 4. The van der Waals surface area contributed by atoms with E-state index in [1.165, 1.54) is 30.6 Å². The molecule has 8 nitrogen and oxygen atoms in total. The zero-order chi connectivity index (χ0) is 31.7. The highest BCUT2D eigenvalue weighted by Crippen LogP contribution is 2.34. The molecule has 2 unspecified atom stereocenters. The lowest BCUT2D eigenvalue weighted by Gasteiger charge is -2.13. The summed E-state index contributed by atoms with van der Waals surface area (Å²) in [5.41, 5.74) is 5.87. The van der Waals surface area contributed by atoms with Crippen LogP contribution in [-0.2, 0) is 0 Å². The van der Waals surface area contributed by atoms with Crippen LogP contribution in [-0.4, -0.2) is 46.2 Å². The summed E-state index contributed by atoms with van der Waals surface area (Å²) in [6.45, 7) is 11.9. The van der Waals surface area contributed by atoms with Gasteiger partial charge in [-0.15, -0.1) is 5.10 Å². The number of carbonyl (C=O) groups excluding carboxylic acids is 1. The second kappa shape index (κ2) is 15.7. The van der Waals surface area contributed by atoms with E-state index in [1.807, 2.05) is 6.92 Å². The highest BCUT2D eigenvalue weighted by atomic mass is 35.5. The second-order valence-electron chi connectivity index (χ2n) is 10.2. The molecule has 43 heavy (non-hydrogen) atoms. The summed E-state index contributed by atoms with van der Waals surface area (Å²) in [5, 5.41) is 11.9. The summed E-state index contributed by atoms with van der Waals surface area (Å²) in [4.78, 5) is 21.6. The Morgan fingerprint density at radius 2 is 1.86 bits per heavy atom. The van der Waals surface area contributed by atoms with Crippen LogP contribution in [0.15, 0.2) is 59.5 Å². The normalized spacial score (nSPS) is 15.3. The first-order chi connectivity index (χ1) is 20.4. The first kappa shape index (κ1) is 33.8. The number of amides is 1. The van der Waals surface area contributed by atoms with Crippen molar-refractivity contribution in [3.05, 3.63) is 75.9 Å². The van der Waals surface area contributed by atoms with Crippen molar-refractivity contribution in [2.24, 2.45) is 11.8 Å². The first-order valence-electron chi connectivity index (χ1n) is 13.7. The molecule has 0 aliphatic heterocycles. The molecule has 12 heteroatoms. The Bertz CT molecular complexity index is 1520. The molecule has 3 heterocycles. The molecular formula is C31H36ClF2N5O3S. The largest absolute Gasteiger partial charge is 0.494 e. The van der Waals surface area contributed by atoms with Gasteiger partial charge in [0.25, 0.3) is 11.1 Å². The molecule has 0 radical (unpaired) electrons. The van der Waals surface area contributed by atoms with Crippen LogP contribution < -0.4 is 14.8 Å². The summed E-state index contributed by atoms with van der Waals surface area (Å²) >= 11 is 7.28. The standard InChI is InChI=1S/C26H26ClN5O3S.C5H10F2/c1-14-6-7-18(17(4)15(2)8-14)13-35-26-32-31-25(36-26)30-24(33)21-11-28-16(3)9-19(21)20-10-23(27)29-12-22(20)34-5;1-3-4(2)5(6)7/h6-12,15H,13H2,1-5H3,(H,30,31,33);4-5H,3H2,1-2H3. The number of anilines is 1. The molecule has 4 rings (SSSR count). The number of rotatable bonds is 9. The average molecular weight is 632 g/mol. The van der Waals surface area contributed by atoms with Crippen molar-refractivity contribution in [1.82, 2.24) is 20.2 Å². The maximum absolute atomic E-state index is 13.2. The van der Waals surface area contributed by atoms with E-state index in [1.54, 1.807) is 26.0 Å². The Morgan fingerprint density at radius 3 is 2.51 bits per heavy atom. The molecule has 230 valence electrons. The third-order valence-corrected chi connectivity index (χ3v) is 7.89. The lowest BCUT2D eigenvalue weighted by atomic mass is 9.98. The highest BCUT2D eigenvalue weighted by molar-refractivity contribution is 7.17. The van der Waals surface area contributed by atoms with E-state index in [9.17, 15) is 13.6 Å². The fourth-order valence-corrected chi connectivity index (χ4v) is 4.70. The quantitative estimate of drug-likeness (QED) is 0.237. The van der Waals surface area contributed by atoms with Crippen molar-refractivity contribution in [2.45, 2.75) is 54.4 Å². The monoisotopic (exact) mass is 631 g/mol. The molecule has 0 fully saturated rings. The summed E-state index contributed by atoms with van der Waals surface area (Å²) < 4.78 is 34.2. The topological polar surface area (TPSA) is 99.1 Å². The number of carbonyl (C=O) groups is 1. The molecule has 0 spiro atoms. The molecular weight excluding hydrogens is 596 g/mol. The van der Waals surface area contributed by atoms with Crippen LogP contribution >= 0.6 is 22.9 Å². The third kappa shape index (κ3) is 9.39. The number of aryl methyl sites for hydroxylation is 1. The summed E-state index contributed by atoms with van der Waals surface area (Å²) in [7, 11) is 1.53. The lowest BCUT2D eigenvalue weighted by molar-refractivity contribution is 0.0845. The van der Waals surface area contributed by atoms with Crippen molar-refractivity contribution in [3.8, 4) is 22.1 Å². The van der Waals surface area contributed by atoms with Gasteiger partial charge in [0, 0.05) is 28.9 Å². The minimum absolute atomic E-state index is 0.284. The molecule has 3 aromatic heterocycles. The van der Waals surface area contributed by atoms with Crippen LogP contribution in [0.3, 0.4) is 0 Å². The first-order valence-corrected chi connectivity index (χ1v) is 14.9. The van der Waals surface area contributed by atoms with E-state index in [0.717, 1.165) is 22.6 Å². The van der Waals surface area contributed by atoms with E-state index in [-0.39, 0.29) is 5.15 Å². The van der Waals surface area contributed by atoms with Crippen molar-refractivity contribution < 1.29 is 23.0 Å². The van der Waals surface area contributed by atoms with Crippen LogP contribution in [0, 0.1) is 18.8 Å². The van der Waals surface area contributed by atoms with Crippen molar-refractivity contribution in [1.29, 1.82) is 0 Å². The maximum Gasteiger partial charge on any atom is 0.296 e. The molecule has 2 atom stereocenters. The van der Waals surface area contributed by atoms with Gasteiger partial charge in [-0.1, -0.05) is 66.8 Å². The SMILES string of the molecule is CCC(C)C(F)F.COc1cnc(Cl)cc1-c1cc(C)ncc1C(=O)Nc1nnc(OCC2=C(C)C(C)C=C(C)C=C2)s1. The molecule has 3 aromatic rings. The number of methoxy groups -OCH3 is 1. The lowest BCUT2D eigenvalue weighted by Crippen LogP contribution is -2.14. The predicted octanol–water partition coefficient (Wildman–Crippen LogP) is 8.36. The molecule has 1 aliphatic carbocycles. The number of alkyl halides is 2. The molecule has 1 amide bonds. The predicted molar refractivity (Wildman–Crippen MR) is 167 cm³/mol. The van der Waals surface area contributed by atoms with E-state index in [4.69, 9.17) is 21.1 Å². The smallest absolute Gasteiger partial charge is 0.296 e. The number of ether oxygens (including phenoxy) is 2. The van der Waals surface area contributed by atoms with Crippen LogP contribution in [0.4, 0.5) is 13.9 Å². The molecule has 1 N–H and O–H groups in total. The molecule has 0 bridgehead atoms. The van der Waals surface area contributed by atoms with Gasteiger partial charge in [0.2, 0.25) is 11.6 Å². The summed E-state index contributed by atoms with van der Waals surface area (Å²) in [6.07, 6.45) is 7.83. The number of hydrogen-bond acceptors (Lipinski definition) is 8. The Hall–Kier alpha value is -3.70. The zero-order valence-corrected chi connectivity index (χ0v) is 26.8. The minimum Gasteiger partial charge on any atom is -0.494 e. The maximum atomic E-state index is 13.2. The van der Waals surface area contributed by atoms with Crippen LogP contribution in [0.25, 0.3) is 11.1 Å².